The minimum Gasteiger partial charge on any atom is -0.462 e. The molecule has 5 heteroatoms. The van der Waals surface area contributed by atoms with Gasteiger partial charge in [0.1, 0.15) is 11.2 Å². The Morgan fingerprint density at radius 1 is 0.957 bits per heavy atom. The first-order valence-corrected chi connectivity index (χ1v) is 6.98. The average Bonchev–Trinajstić information content (AvgIpc) is 2.54. The second-order valence-electron chi connectivity index (χ2n) is 5.10. The van der Waals surface area contributed by atoms with Crippen molar-refractivity contribution in [1.82, 2.24) is 0 Å². The van der Waals surface area contributed by atoms with E-state index in [4.69, 9.17) is 27.1 Å². The van der Waals surface area contributed by atoms with E-state index in [0.29, 0.717) is 0 Å². The van der Waals surface area contributed by atoms with Gasteiger partial charge in [-0.3, -0.25) is 0 Å². The molecule has 124 valence electrons. The molecule has 23 heavy (non-hydrogen) atoms. The molecule has 0 amide bonds. The van der Waals surface area contributed by atoms with Crippen LogP contribution in [0.25, 0.3) is 0 Å². The third-order valence-electron chi connectivity index (χ3n) is 3.04. The third-order valence-corrected chi connectivity index (χ3v) is 3.04. The fourth-order valence-electron chi connectivity index (χ4n) is 1.61. The molecule has 0 spiro atoms. The smallest absolute Gasteiger partial charge is 0.330 e. The van der Waals surface area contributed by atoms with E-state index in [0.717, 1.165) is 12.2 Å². The lowest BCUT2D eigenvalue weighted by Gasteiger charge is -2.34. The predicted molar refractivity (Wildman–Crippen MR) is 87.1 cm³/mol. The molecular weight excluding hydrogens is 296 g/mol. The van der Waals surface area contributed by atoms with Gasteiger partial charge in [-0.05, 0) is 13.8 Å². The second kappa shape index (κ2) is 9.50. The van der Waals surface area contributed by atoms with Crippen LogP contribution in [-0.4, -0.2) is 36.4 Å². The number of carbonyl (C=O) groups is 2. The summed E-state index contributed by atoms with van der Waals surface area (Å²) < 4.78 is 15.6. The lowest BCUT2D eigenvalue weighted by Crippen LogP contribution is -2.41. The van der Waals surface area contributed by atoms with Crippen molar-refractivity contribution in [3.8, 4) is 24.7 Å². The molecule has 0 saturated carbocycles. The molecule has 0 fully saturated rings. The lowest BCUT2D eigenvalue weighted by molar-refractivity contribution is -0.143. The van der Waals surface area contributed by atoms with Crippen LogP contribution in [0.15, 0.2) is 25.3 Å². The van der Waals surface area contributed by atoms with Gasteiger partial charge in [-0.25, -0.2) is 9.59 Å². The molecule has 0 rings (SSSR count). The van der Waals surface area contributed by atoms with E-state index in [-0.39, 0.29) is 26.1 Å². The van der Waals surface area contributed by atoms with Gasteiger partial charge in [0.05, 0.1) is 13.2 Å². The molecule has 0 N–H and O–H groups in total. The van der Waals surface area contributed by atoms with E-state index in [9.17, 15) is 9.59 Å². The summed E-state index contributed by atoms with van der Waals surface area (Å²) in [6, 6.07) is 0. The van der Waals surface area contributed by atoms with Gasteiger partial charge in [-0.2, -0.15) is 0 Å². The monoisotopic (exact) mass is 318 g/mol. The highest BCUT2D eigenvalue weighted by atomic mass is 16.5. The Kier molecular flexibility index (Phi) is 8.47. The largest absolute Gasteiger partial charge is 0.462 e. The van der Waals surface area contributed by atoms with Crippen molar-refractivity contribution < 1.29 is 23.8 Å². The van der Waals surface area contributed by atoms with Crippen molar-refractivity contribution in [3.63, 3.8) is 0 Å². The Balaban J connectivity index is 4.69. The molecule has 0 bridgehead atoms. The normalized spacial score (nSPS) is 15.0. The highest BCUT2D eigenvalue weighted by Crippen LogP contribution is 2.26. The summed E-state index contributed by atoms with van der Waals surface area (Å²) in [6.45, 7) is 10.1. The van der Waals surface area contributed by atoms with Crippen LogP contribution >= 0.6 is 0 Å². The first-order valence-electron chi connectivity index (χ1n) is 6.98. The number of esters is 2. The van der Waals surface area contributed by atoms with Crippen molar-refractivity contribution in [2.75, 3.05) is 13.2 Å². The summed E-state index contributed by atoms with van der Waals surface area (Å²) in [5.41, 5.74) is -2.07. The molecule has 0 aromatic carbocycles. The molecule has 0 aromatic rings. The summed E-state index contributed by atoms with van der Waals surface area (Å²) in [7, 11) is 0. The van der Waals surface area contributed by atoms with E-state index >= 15 is 0 Å². The highest BCUT2D eigenvalue weighted by Gasteiger charge is 2.34. The minimum absolute atomic E-state index is 0.0671. The van der Waals surface area contributed by atoms with Crippen LogP contribution in [0.2, 0.25) is 0 Å². The van der Waals surface area contributed by atoms with Gasteiger partial charge in [-0.1, -0.05) is 25.0 Å². The van der Waals surface area contributed by atoms with E-state index in [2.05, 4.69) is 25.0 Å². The summed E-state index contributed by atoms with van der Waals surface area (Å²) in [5, 5.41) is 0. The van der Waals surface area contributed by atoms with Crippen LogP contribution in [0.4, 0.5) is 0 Å². The van der Waals surface area contributed by atoms with Crippen molar-refractivity contribution in [3.05, 3.63) is 25.3 Å². The molecule has 2 unspecified atom stereocenters. The first kappa shape index (κ1) is 20.5. The van der Waals surface area contributed by atoms with Gasteiger partial charge in [0.15, 0.2) is 0 Å². The molecule has 0 heterocycles. The molecule has 2 atom stereocenters. The number of carbonyl (C=O) groups excluding carboxylic acids is 2. The Bertz CT molecular complexity index is 489. The van der Waals surface area contributed by atoms with Crippen molar-refractivity contribution in [2.24, 2.45) is 0 Å². The zero-order chi connectivity index (χ0) is 17.9. The Morgan fingerprint density at radius 3 is 1.57 bits per heavy atom. The summed E-state index contributed by atoms with van der Waals surface area (Å²) in [4.78, 5) is 22.1. The standard InChI is InChI=1S/C18H22O5/c1-7-15(19)21-13-11-17(5,9-3)23-18(6,10-4)12-14-22-16(20)8-2/h3-4,7-8H,1-2,11-14H2,5-6H3. The van der Waals surface area contributed by atoms with Gasteiger partial charge in [0.2, 0.25) is 0 Å². The number of hydrogen-bond acceptors (Lipinski definition) is 5. The molecule has 0 aliphatic rings. The fraction of sp³-hybridized carbons (Fsp3) is 0.444. The third kappa shape index (κ3) is 7.90. The summed E-state index contributed by atoms with van der Waals surface area (Å²) >= 11 is 0. The quantitative estimate of drug-likeness (QED) is 0.350. The van der Waals surface area contributed by atoms with Gasteiger partial charge in [0.25, 0.3) is 0 Å². The molecular formula is C18H22O5. The number of ether oxygens (including phenoxy) is 3. The maximum atomic E-state index is 11.0. The Hall–Kier alpha value is -2.50. The Labute approximate surface area is 137 Å². The highest BCUT2D eigenvalue weighted by molar-refractivity contribution is 5.81. The zero-order valence-electron chi connectivity index (χ0n) is 13.6. The molecule has 0 radical (unpaired) electrons. The van der Waals surface area contributed by atoms with Gasteiger partial charge < -0.3 is 14.2 Å². The van der Waals surface area contributed by atoms with E-state index in [1.54, 1.807) is 13.8 Å². The number of terminal acetylenes is 2. The molecule has 0 aromatic heterocycles. The number of rotatable bonds is 10. The average molecular weight is 318 g/mol. The fourth-order valence-corrected chi connectivity index (χ4v) is 1.61. The van der Waals surface area contributed by atoms with Crippen LogP contribution in [0, 0.1) is 24.7 Å². The van der Waals surface area contributed by atoms with Crippen molar-refractivity contribution in [1.29, 1.82) is 0 Å². The van der Waals surface area contributed by atoms with Gasteiger partial charge in [0, 0.05) is 25.0 Å². The van der Waals surface area contributed by atoms with Crippen LogP contribution in [0.1, 0.15) is 26.7 Å². The second-order valence-corrected chi connectivity index (χ2v) is 5.10. The maximum absolute atomic E-state index is 11.0. The van der Waals surface area contributed by atoms with Crippen molar-refractivity contribution in [2.45, 2.75) is 37.9 Å². The molecule has 0 aliphatic carbocycles. The minimum atomic E-state index is -1.04. The predicted octanol–water partition coefficient (Wildman–Crippen LogP) is 2.03. The van der Waals surface area contributed by atoms with E-state index in [1.807, 2.05) is 0 Å². The topological polar surface area (TPSA) is 61.8 Å². The van der Waals surface area contributed by atoms with Gasteiger partial charge in [-0.15, -0.1) is 12.8 Å². The van der Waals surface area contributed by atoms with Crippen molar-refractivity contribution >= 4 is 11.9 Å². The first-order chi connectivity index (χ1) is 10.7. The summed E-state index contributed by atoms with van der Waals surface area (Å²) in [5.74, 6) is 3.94. The van der Waals surface area contributed by atoms with E-state index in [1.165, 1.54) is 0 Å². The molecule has 0 saturated heterocycles. The van der Waals surface area contributed by atoms with E-state index < -0.39 is 23.1 Å². The lowest BCUT2D eigenvalue weighted by atomic mass is 9.98. The van der Waals surface area contributed by atoms with Crippen LogP contribution in [-0.2, 0) is 23.8 Å². The van der Waals surface area contributed by atoms with Crippen LogP contribution in [0.5, 0.6) is 0 Å². The van der Waals surface area contributed by atoms with Gasteiger partial charge >= 0.3 is 11.9 Å². The SMILES string of the molecule is C#CC(C)(CCOC(=O)C=C)OC(C)(C#C)CCOC(=O)C=C. The Morgan fingerprint density at radius 2 is 1.30 bits per heavy atom. The summed E-state index contributed by atoms with van der Waals surface area (Å²) in [6.07, 6.45) is 13.7. The van der Waals surface area contributed by atoms with Crippen LogP contribution < -0.4 is 0 Å². The zero-order valence-corrected chi connectivity index (χ0v) is 13.6. The number of hydrogen-bond donors (Lipinski definition) is 0. The van der Waals surface area contributed by atoms with Crippen LogP contribution in [0.3, 0.4) is 0 Å². The maximum Gasteiger partial charge on any atom is 0.330 e. The molecule has 5 nitrogen and oxygen atoms in total. The molecule has 0 aliphatic heterocycles.